The molecule has 50 heavy (non-hydrogen) atoms. The van der Waals surface area contributed by atoms with Crippen LogP contribution in [0, 0.1) is 0 Å². The first-order valence-electron chi connectivity index (χ1n) is 15.3. The van der Waals surface area contributed by atoms with Gasteiger partial charge in [0.2, 0.25) is 0 Å². The van der Waals surface area contributed by atoms with Crippen molar-refractivity contribution in [3.8, 4) is 43.9 Å². The Morgan fingerprint density at radius 3 is 1.66 bits per heavy atom. The standard InChI is InChI=1S/C38H22BF5N2O2S2/c40-38(41,42)37(30-19-33-29(45-30)20-35(49-33)47-27-15-11-25(12-16-27)23-7-3-1-4-8-23)32-21-34-31(46(32)39(43)44)22-36(50-34)48-28-17-13-26(14-18-28)24-9-5-2-6-10-24/h1-22H/b37-30+. The lowest BCUT2D eigenvalue weighted by Crippen LogP contribution is -2.21. The molecule has 246 valence electrons. The van der Waals surface area contributed by atoms with Gasteiger partial charge in [0.25, 0.3) is 0 Å². The van der Waals surface area contributed by atoms with Crippen LogP contribution in [-0.4, -0.2) is 18.1 Å². The van der Waals surface area contributed by atoms with E-state index in [2.05, 4.69) is 4.99 Å². The molecule has 4 heterocycles. The van der Waals surface area contributed by atoms with Gasteiger partial charge in [0.1, 0.15) is 17.1 Å². The van der Waals surface area contributed by atoms with E-state index in [0.29, 0.717) is 25.6 Å². The van der Waals surface area contributed by atoms with Gasteiger partial charge in [0.05, 0.1) is 25.8 Å². The smallest absolute Gasteiger partial charge is 0.447 e. The molecule has 3 aromatic heterocycles. The summed E-state index contributed by atoms with van der Waals surface area (Å²) in [5.74, 6) is 1.02. The molecular formula is C38H22BF5N2O2S2. The van der Waals surface area contributed by atoms with Gasteiger partial charge in [-0.15, -0.1) is 0 Å². The van der Waals surface area contributed by atoms with Gasteiger partial charge >= 0.3 is 13.6 Å². The zero-order valence-electron chi connectivity index (χ0n) is 25.7. The average Bonchev–Trinajstić information content (AvgIpc) is 3.86. The molecule has 12 heteroatoms. The van der Waals surface area contributed by atoms with Crippen LogP contribution in [0.2, 0.25) is 0 Å². The molecule has 0 fully saturated rings. The van der Waals surface area contributed by atoms with Gasteiger partial charge in [-0.2, -0.15) is 13.2 Å². The molecule has 0 bridgehead atoms. The number of aromatic nitrogens is 1. The Kier molecular flexibility index (Phi) is 8.12. The number of thiophene rings is 2. The number of allylic oxidation sites excluding steroid dienone is 2. The van der Waals surface area contributed by atoms with Crippen LogP contribution in [0.25, 0.3) is 44.1 Å². The fourth-order valence-electron chi connectivity index (χ4n) is 5.82. The van der Waals surface area contributed by atoms with Gasteiger partial charge in [0, 0.05) is 17.8 Å². The second-order valence-electron chi connectivity index (χ2n) is 11.3. The van der Waals surface area contributed by atoms with E-state index in [1.807, 2.05) is 97.1 Å². The molecule has 0 spiro atoms. The minimum atomic E-state index is -4.98. The van der Waals surface area contributed by atoms with E-state index in [1.165, 1.54) is 12.1 Å². The number of benzene rings is 4. The Hall–Kier alpha value is -5.46. The van der Waals surface area contributed by atoms with Crippen LogP contribution in [0.3, 0.4) is 0 Å². The second kappa shape index (κ2) is 12.8. The highest BCUT2D eigenvalue weighted by molar-refractivity contribution is 7.20. The molecule has 1 aliphatic rings. The molecular weight excluding hydrogens is 686 g/mol. The SMILES string of the molecule is FB(F)n1c(/C(=C2/C=c3sc(Oc4ccc(-c5ccccc5)cc4)cc3=N2)C(F)(F)F)cc2sc(Oc3ccc(-c4ccccc4)cc3)cc21. The number of nitrogens with zero attached hydrogens (tertiary/aromatic N) is 2. The molecule has 0 atom stereocenters. The maximum atomic E-state index is 14.7. The quantitative estimate of drug-likeness (QED) is 0.116. The van der Waals surface area contributed by atoms with Gasteiger partial charge in [-0.1, -0.05) is 108 Å². The first-order valence-corrected chi connectivity index (χ1v) is 16.9. The zero-order valence-corrected chi connectivity index (χ0v) is 27.3. The van der Waals surface area contributed by atoms with E-state index in [-0.39, 0.29) is 20.6 Å². The predicted octanol–water partition coefficient (Wildman–Crippen LogP) is 10.8. The largest absolute Gasteiger partial charge is 0.678 e. The highest BCUT2D eigenvalue weighted by Gasteiger charge is 2.42. The highest BCUT2D eigenvalue weighted by Crippen LogP contribution is 2.44. The number of hydrogen-bond donors (Lipinski definition) is 0. The number of alkyl halides is 3. The van der Waals surface area contributed by atoms with Gasteiger partial charge < -0.3 is 14.0 Å². The minimum absolute atomic E-state index is 0.0695. The summed E-state index contributed by atoms with van der Waals surface area (Å²) in [7, 11) is -3.25. The summed E-state index contributed by atoms with van der Waals surface area (Å²) >= 11 is 2.11. The first kappa shape index (κ1) is 31.8. The van der Waals surface area contributed by atoms with Crippen molar-refractivity contribution in [3.63, 3.8) is 0 Å². The van der Waals surface area contributed by atoms with Gasteiger partial charge in [-0.25, -0.2) is 4.99 Å². The zero-order chi connectivity index (χ0) is 34.4. The number of rotatable bonds is 8. The Bertz CT molecular complexity index is 2450. The van der Waals surface area contributed by atoms with Crippen molar-refractivity contribution in [2.75, 3.05) is 0 Å². The van der Waals surface area contributed by atoms with Gasteiger partial charge in [-0.3, -0.25) is 8.63 Å². The lowest BCUT2D eigenvalue weighted by Gasteiger charge is -2.15. The van der Waals surface area contributed by atoms with Crippen molar-refractivity contribution < 1.29 is 31.3 Å². The Morgan fingerprint density at radius 1 is 0.640 bits per heavy atom. The average molecular weight is 709 g/mol. The maximum absolute atomic E-state index is 14.7. The molecule has 0 aliphatic carbocycles. The minimum Gasteiger partial charge on any atom is -0.447 e. The summed E-state index contributed by atoms with van der Waals surface area (Å²) in [6.07, 6.45) is -3.71. The van der Waals surface area contributed by atoms with Gasteiger partial charge in [0.15, 0.2) is 10.1 Å². The summed E-state index contributed by atoms with van der Waals surface area (Å²) in [5, 5.41) is 0.980. The van der Waals surface area contributed by atoms with E-state index in [9.17, 15) is 21.8 Å². The van der Waals surface area contributed by atoms with E-state index < -0.39 is 30.5 Å². The van der Waals surface area contributed by atoms with Crippen molar-refractivity contribution in [1.82, 2.24) is 4.48 Å². The third kappa shape index (κ3) is 6.23. The third-order valence-corrected chi connectivity index (χ3v) is 9.98. The summed E-state index contributed by atoms with van der Waals surface area (Å²) in [5.41, 5.74) is 1.62. The number of fused-ring (bicyclic) bond motifs is 2. The normalized spacial score (nSPS) is 13.5. The fraction of sp³-hybridized carbons (Fsp3) is 0.0263. The molecule has 0 radical (unpaired) electrons. The van der Waals surface area contributed by atoms with Crippen molar-refractivity contribution in [3.05, 3.63) is 149 Å². The number of hydrogen-bond acceptors (Lipinski definition) is 5. The topological polar surface area (TPSA) is 35.8 Å². The van der Waals surface area contributed by atoms with Crippen molar-refractivity contribution in [1.29, 1.82) is 0 Å². The fourth-order valence-corrected chi connectivity index (χ4v) is 7.68. The maximum Gasteiger partial charge on any atom is 0.678 e. The Morgan fingerprint density at radius 2 is 1.16 bits per heavy atom. The van der Waals surface area contributed by atoms with Crippen LogP contribution >= 0.6 is 22.7 Å². The van der Waals surface area contributed by atoms with Crippen LogP contribution in [-0.2, 0) is 0 Å². The molecule has 8 rings (SSSR count). The highest BCUT2D eigenvalue weighted by atomic mass is 32.1. The first-order chi connectivity index (χ1) is 24.2. The molecule has 0 amide bonds. The second-order valence-corrected chi connectivity index (χ2v) is 13.4. The van der Waals surface area contributed by atoms with E-state index in [0.717, 1.165) is 51.0 Å². The lowest BCUT2D eigenvalue weighted by molar-refractivity contribution is -0.0695. The van der Waals surface area contributed by atoms with E-state index in [1.54, 1.807) is 18.2 Å². The van der Waals surface area contributed by atoms with Crippen LogP contribution in [0.1, 0.15) is 5.69 Å². The van der Waals surface area contributed by atoms with Crippen LogP contribution in [0.4, 0.5) is 21.8 Å². The molecule has 0 saturated heterocycles. The van der Waals surface area contributed by atoms with E-state index in [4.69, 9.17) is 9.47 Å². The molecule has 4 nitrogen and oxygen atoms in total. The van der Waals surface area contributed by atoms with Crippen LogP contribution in [0.15, 0.2) is 138 Å². The molecule has 0 unspecified atom stereocenters. The van der Waals surface area contributed by atoms with Crippen LogP contribution < -0.4 is 19.4 Å². The van der Waals surface area contributed by atoms with Gasteiger partial charge in [-0.05, 0) is 58.7 Å². The third-order valence-electron chi connectivity index (χ3n) is 8.08. The summed E-state index contributed by atoms with van der Waals surface area (Å²) in [6.45, 7) is 0. The summed E-state index contributed by atoms with van der Waals surface area (Å²) < 4.78 is 86.0. The Labute approximate surface area is 290 Å². The van der Waals surface area contributed by atoms with Crippen LogP contribution in [0.5, 0.6) is 21.6 Å². The van der Waals surface area contributed by atoms with E-state index >= 15 is 0 Å². The van der Waals surface area contributed by atoms with Crippen molar-refractivity contribution in [2.24, 2.45) is 4.99 Å². The molecule has 0 N–H and O–H groups in total. The number of ether oxygens (including phenoxy) is 2. The molecule has 4 aromatic carbocycles. The molecule has 7 aromatic rings. The number of halogens is 5. The lowest BCUT2D eigenvalue weighted by atomic mass is 10.1. The van der Waals surface area contributed by atoms with Crippen molar-refractivity contribution in [2.45, 2.75) is 6.18 Å². The summed E-state index contributed by atoms with van der Waals surface area (Å²) in [6, 6.07) is 38.3. The Balaban J connectivity index is 1.07. The molecule has 0 saturated carbocycles. The van der Waals surface area contributed by atoms with Crippen molar-refractivity contribution >= 4 is 51.9 Å². The monoisotopic (exact) mass is 708 g/mol. The molecule has 1 aliphatic heterocycles. The predicted molar refractivity (Wildman–Crippen MR) is 190 cm³/mol. The summed E-state index contributed by atoms with van der Waals surface area (Å²) in [4.78, 5) is 4.22.